The number of ether oxygens (including phenoxy) is 1. The molecule has 1 rings (SSSR count). The predicted molar refractivity (Wildman–Crippen MR) is 81.1 cm³/mol. The van der Waals surface area contributed by atoms with Crippen LogP contribution in [0.1, 0.15) is 29.6 Å². The van der Waals surface area contributed by atoms with E-state index in [1.165, 1.54) is 7.11 Å². The number of benzene rings is 1. The van der Waals surface area contributed by atoms with Gasteiger partial charge in [0.2, 0.25) is 0 Å². The van der Waals surface area contributed by atoms with Gasteiger partial charge in [-0.25, -0.2) is 0 Å². The smallest absolute Gasteiger partial charge is 0.189 e. The van der Waals surface area contributed by atoms with Crippen LogP contribution >= 0.6 is 34.8 Å². The average molecular weight is 322 g/mol. The van der Waals surface area contributed by atoms with Crippen LogP contribution in [-0.2, 0) is 0 Å². The Morgan fingerprint density at radius 3 is 2.53 bits per heavy atom. The first kappa shape index (κ1) is 16.4. The Labute approximate surface area is 128 Å². The first-order valence-electron chi connectivity index (χ1n) is 5.83. The Balaban J connectivity index is 2.88. The minimum absolute atomic E-state index is 0.191. The molecule has 0 saturated heterocycles. The van der Waals surface area contributed by atoms with Crippen molar-refractivity contribution < 1.29 is 9.53 Å². The summed E-state index contributed by atoms with van der Waals surface area (Å²) in [6.45, 7) is 3.79. The first-order valence-corrected chi connectivity index (χ1v) is 7.12. The number of Topliss-reactive ketones (excluding diaryl/α,β-unsaturated/α-hetero) is 1. The van der Waals surface area contributed by atoms with E-state index in [0.29, 0.717) is 29.2 Å². The van der Waals surface area contributed by atoms with Crippen molar-refractivity contribution in [1.82, 2.24) is 0 Å². The molecule has 5 heteroatoms. The number of hydrogen-bond acceptors (Lipinski definition) is 2. The molecule has 1 aromatic carbocycles. The summed E-state index contributed by atoms with van der Waals surface area (Å²) in [6, 6.07) is 3.22. The van der Waals surface area contributed by atoms with Gasteiger partial charge < -0.3 is 4.74 Å². The lowest BCUT2D eigenvalue weighted by molar-refractivity contribution is 0.103. The Kier molecular flexibility index (Phi) is 6.70. The van der Waals surface area contributed by atoms with Crippen LogP contribution in [0.25, 0.3) is 0 Å². The number of unbranched alkanes of at least 4 members (excludes halogenated alkanes) is 1. The van der Waals surface area contributed by atoms with Crippen LogP contribution in [0.15, 0.2) is 24.3 Å². The molecule has 0 aliphatic rings. The summed E-state index contributed by atoms with van der Waals surface area (Å²) in [6.07, 6.45) is 2.28. The van der Waals surface area contributed by atoms with Gasteiger partial charge in [-0.2, -0.15) is 0 Å². The molecule has 0 spiro atoms. The van der Waals surface area contributed by atoms with Crippen molar-refractivity contribution in [3.05, 3.63) is 39.9 Å². The van der Waals surface area contributed by atoms with E-state index in [0.717, 1.165) is 12.8 Å². The van der Waals surface area contributed by atoms with Crippen LogP contribution in [0.5, 0.6) is 5.75 Å². The molecule has 0 unspecified atom stereocenters. The number of hydrogen-bond donors (Lipinski definition) is 0. The zero-order valence-corrected chi connectivity index (χ0v) is 12.9. The van der Waals surface area contributed by atoms with Gasteiger partial charge in [0.15, 0.2) is 5.78 Å². The molecular weight excluding hydrogens is 307 g/mol. The van der Waals surface area contributed by atoms with E-state index in [2.05, 4.69) is 6.58 Å². The van der Waals surface area contributed by atoms with Crippen LogP contribution in [0.3, 0.4) is 0 Å². The monoisotopic (exact) mass is 320 g/mol. The number of ketones is 1. The fraction of sp³-hybridized carbons (Fsp3) is 0.357. The van der Waals surface area contributed by atoms with Gasteiger partial charge in [-0.15, -0.1) is 11.6 Å². The number of carbonyl (C=O) groups excluding carboxylic acids is 1. The van der Waals surface area contributed by atoms with Gasteiger partial charge in [-0.05, 0) is 37.0 Å². The van der Waals surface area contributed by atoms with Crippen molar-refractivity contribution in [2.45, 2.75) is 19.3 Å². The molecule has 0 radical (unpaired) electrons. The van der Waals surface area contributed by atoms with E-state index < -0.39 is 0 Å². The second-order valence-electron chi connectivity index (χ2n) is 4.02. The highest BCUT2D eigenvalue weighted by Crippen LogP contribution is 2.35. The molecule has 104 valence electrons. The summed E-state index contributed by atoms with van der Waals surface area (Å²) in [7, 11) is 1.49. The quantitative estimate of drug-likeness (QED) is 0.300. The Hall–Kier alpha value is -0.700. The number of halogens is 3. The van der Waals surface area contributed by atoms with Crippen molar-refractivity contribution in [1.29, 1.82) is 0 Å². The maximum atomic E-state index is 12.2. The Bertz CT molecular complexity index is 484. The number of carbonyl (C=O) groups is 1. The molecule has 0 atom stereocenters. The van der Waals surface area contributed by atoms with Crippen molar-refractivity contribution in [2.24, 2.45) is 0 Å². The van der Waals surface area contributed by atoms with E-state index in [1.807, 2.05) is 0 Å². The fourth-order valence-corrected chi connectivity index (χ4v) is 2.27. The van der Waals surface area contributed by atoms with E-state index in [4.69, 9.17) is 39.5 Å². The van der Waals surface area contributed by atoms with Crippen LogP contribution in [-0.4, -0.2) is 18.8 Å². The zero-order chi connectivity index (χ0) is 14.4. The average Bonchev–Trinajstić information content (AvgIpc) is 2.41. The molecule has 0 saturated carbocycles. The predicted octanol–water partition coefficient (Wildman–Crippen LogP) is 5.15. The number of methoxy groups -OCH3 is 1. The maximum absolute atomic E-state index is 12.2. The van der Waals surface area contributed by atoms with Gasteiger partial charge in [0, 0.05) is 11.4 Å². The highest BCUT2D eigenvalue weighted by Gasteiger charge is 2.18. The second kappa shape index (κ2) is 7.78. The van der Waals surface area contributed by atoms with Crippen LogP contribution in [0, 0.1) is 0 Å². The molecular formula is C14H15Cl3O2. The van der Waals surface area contributed by atoms with E-state index in [1.54, 1.807) is 12.1 Å². The number of alkyl halides is 1. The highest BCUT2D eigenvalue weighted by molar-refractivity contribution is 6.45. The molecule has 0 aliphatic carbocycles. The van der Waals surface area contributed by atoms with E-state index in [-0.39, 0.29) is 15.8 Å². The van der Waals surface area contributed by atoms with Crippen molar-refractivity contribution in [2.75, 3.05) is 13.0 Å². The molecule has 0 N–H and O–H groups in total. The number of allylic oxidation sites excluding steroid dienone is 1. The second-order valence-corrected chi connectivity index (χ2v) is 5.16. The Morgan fingerprint density at radius 2 is 1.95 bits per heavy atom. The molecule has 0 aromatic heterocycles. The van der Waals surface area contributed by atoms with E-state index in [9.17, 15) is 4.79 Å². The van der Waals surface area contributed by atoms with E-state index >= 15 is 0 Å². The fourth-order valence-electron chi connectivity index (χ4n) is 1.60. The van der Waals surface area contributed by atoms with Gasteiger partial charge in [-0.1, -0.05) is 29.8 Å². The zero-order valence-electron chi connectivity index (χ0n) is 10.6. The first-order chi connectivity index (χ1) is 9.02. The minimum atomic E-state index is -0.191. The summed E-state index contributed by atoms with van der Waals surface area (Å²) in [5, 5.41) is 0.438. The third kappa shape index (κ3) is 4.13. The summed E-state index contributed by atoms with van der Waals surface area (Å²) in [5.74, 6) is 0.830. The highest BCUT2D eigenvalue weighted by atomic mass is 35.5. The van der Waals surface area contributed by atoms with Crippen LogP contribution < -0.4 is 4.74 Å². The topological polar surface area (TPSA) is 26.3 Å². The normalized spacial score (nSPS) is 10.3. The molecule has 19 heavy (non-hydrogen) atoms. The van der Waals surface area contributed by atoms with Crippen LogP contribution in [0.4, 0.5) is 0 Å². The summed E-state index contributed by atoms with van der Waals surface area (Å²) in [4.78, 5) is 12.2. The molecule has 0 aliphatic heterocycles. The third-order valence-electron chi connectivity index (χ3n) is 2.69. The van der Waals surface area contributed by atoms with Crippen LogP contribution in [0.2, 0.25) is 10.0 Å². The van der Waals surface area contributed by atoms with Gasteiger partial charge >= 0.3 is 0 Å². The van der Waals surface area contributed by atoms with Crippen molar-refractivity contribution in [3.63, 3.8) is 0 Å². The standard InChI is InChI=1S/C14H15Cl3O2/c1-9(5-3-4-8-15)14(18)10-6-7-11(19-2)13(17)12(10)16/h6-7H,1,3-5,8H2,2H3. The summed E-state index contributed by atoms with van der Waals surface area (Å²) >= 11 is 17.7. The molecule has 0 bridgehead atoms. The SMILES string of the molecule is C=C(CCCCCl)C(=O)c1ccc(OC)c(Cl)c1Cl. The lowest BCUT2D eigenvalue weighted by atomic mass is 10.00. The lowest BCUT2D eigenvalue weighted by Gasteiger charge is -2.10. The maximum Gasteiger partial charge on any atom is 0.189 e. The van der Waals surface area contributed by atoms with Gasteiger partial charge in [-0.3, -0.25) is 4.79 Å². The summed E-state index contributed by atoms with van der Waals surface area (Å²) < 4.78 is 5.04. The largest absolute Gasteiger partial charge is 0.495 e. The Morgan fingerprint density at radius 1 is 1.26 bits per heavy atom. The van der Waals surface area contributed by atoms with Crippen molar-refractivity contribution >= 4 is 40.6 Å². The molecule has 0 fully saturated rings. The molecule has 0 heterocycles. The summed E-state index contributed by atoms with van der Waals surface area (Å²) in [5.41, 5.74) is 0.858. The molecule has 2 nitrogen and oxygen atoms in total. The molecule has 0 amide bonds. The van der Waals surface area contributed by atoms with Gasteiger partial charge in [0.25, 0.3) is 0 Å². The number of rotatable bonds is 7. The van der Waals surface area contributed by atoms with Crippen molar-refractivity contribution in [3.8, 4) is 5.75 Å². The minimum Gasteiger partial charge on any atom is -0.495 e. The lowest BCUT2D eigenvalue weighted by Crippen LogP contribution is -2.04. The molecule has 1 aromatic rings. The van der Waals surface area contributed by atoms with Gasteiger partial charge in [0.05, 0.1) is 12.1 Å². The third-order valence-corrected chi connectivity index (χ3v) is 3.83. The van der Waals surface area contributed by atoms with Gasteiger partial charge in [0.1, 0.15) is 10.8 Å².